The fourth-order valence-corrected chi connectivity index (χ4v) is 2.26. The normalized spacial score (nSPS) is 12.5. The van der Waals surface area contributed by atoms with Crippen molar-refractivity contribution in [1.82, 2.24) is 0 Å². The quantitative estimate of drug-likeness (QED) is 0.683. The van der Waals surface area contributed by atoms with Gasteiger partial charge >= 0.3 is 7.12 Å². The topological polar surface area (TPSA) is 53.2 Å². The predicted molar refractivity (Wildman–Crippen MR) is 90.3 cm³/mol. The van der Waals surface area contributed by atoms with E-state index in [0.29, 0.717) is 12.2 Å². The van der Waals surface area contributed by atoms with Gasteiger partial charge in [0.2, 0.25) is 0 Å². The van der Waals surface area contributed by atoms with Crippen LogP contribution < -0.4 is 5.46 Å². The average molecular weight is 291 g/mol. The van der Waals surface area contributed by atoms with Gasteiger partial charge in [-0.05, 0) is 40.4 Å². The summed E-state index contributed by atoms with van der Waals surface area (Å²) in [6, 6.07) is 15.4. The third kappa shape index (κ3) is 3.64. The predicted octanol–water partition coefficient (Wildman–Crippen LogP) is 2.97. The van der Waals surface area contributed by atoms with E-state index in [1.165, 1.54) is 0 Å². The van der Waals surface area contributed by atoms with Crippen LogP contribution in [0.2, 0.25) is 0 Å². The molecule has 1 aliphatic heterocycles. The third-order valence-corrected chi connectivity index (χ3v) is 3.31. The zero-order chi connectivity index (χ0) is 15.9. The van der Waals surface area contributed by atoms with Crippen molar-refractivity contribution in [2.24, 2.45) is 0 Å². The van der Waals surface area contributed by atoms with Gasteiger partial charge in [-0.3, -0.25) is 0 Å². The Morgan fingerprint density at radius 1 is 1.14 bits per heavy atom. The average Bonchev–Trinajstić information content (AvgIpc) is 2.96. The van der Waals surface area contributed by atoms with E-state index >= 15 is 0 Å². The van der Waals surface area contributed by atoms with E-state index in [2.05, 4.69) is 6.07 Å². The SMILES string of the molecule is CC.N#Cc1cccc(/C=C/c2ccc3c(c2)COB3O)c1. The first kappa shape index (κ1) is 16.0. The number of nitriles is 1. The molecule has 2 aromatic carbocycles. The van der Waals surface area contributed by atoms with Gasteiger partial charge in [0.25, 0.3) is 0 Å². The summed E-state index contributed by atoms with van der Waals surface area (Å²) in [7, 11) is -0.796. The lowest BCUT2D eigenvalue weighted by molar-refractivity contribution is 0.275. The Bertz CT molecular complexity index is 719. The molecule has 0 aliphatic carbocycles. The zero-order valence-corrected chi connectivity index (χ0v) is 12.8. The molecule has 3 nitrogen and oxygen atoms in total. The highest BCUT2D eigenvalue weighted by atomic mass is 16.5. The number of hydrogen-bond acceptors (Lipinski definition) is 3. The van der Waals surface area contributed by atoms with E-state index in [4.69, 9.17) is 9.92 Å². The monoisotopic (exact) mass is 291 g/mol. The second kappa shape index (κ2) is 7.60. The van der Waals surface area contributed by atoms with E-state index < -0.39 is 7.12 Å². The smallest absolute Gasteiger partial charge is 0.423 e. The van der Waals surface area contributed by atoms with Crippen molar-refractivity contribution in [3.8, 4) is 6.07 Å². The molecule has 0 bridgehead atoms. The summed E-state index contributed by atoms with van der Waals surface area (Å²) < 4.78 is 5.17. The van der Waals surface area contributed by atoms with Crippen LogP contribution in [-0.4, -0.2) is 12.1 Å². The number of rotatable bonds is 2. The van der Waals surface area contributed by atoms with Gasteiger partial charge in [0, 0.05) is 0 Å². The Kier molecular flexibility index (Phi) is 5.54. The molecule has 0 fully saturated rings. The minimum absolute atomic E-state index is 0.447. The van der Waals surface area contributed by atoms with Crippen molar-refractivity contribution in [3.05, 3.63) is 64.7 Å². The molecule has 2 aromatic rings. The van der Waals surface area contributed by atoms with Crippen LogP contribution in [0.3, 0.4) is 0 Å². The molecular weight excluding hydrogens is 273 g/mol. The van der Waals surface area contributed by atoms with E-state index in [1.807, 2.05) is 62.4 Å². The van der Waals surface area contributed by atoms with Gasteiger partial charge in [-0.2, -0.15) is 5.26 Å². The van der Waals surface area contributed by atoms with Crippen molar-refractivity contribution in [2.75, 3.05) is 0 Å². The molecule has 110 valence electrons. The number of fused-ring (bicyclic) bond motifs is 1. The highest BCUT2D eigenvalue weighted by molar-refractivity contribution is 6.61. The minimum atomic E-state index is -0.796. The van der Waals surface area contributed by atoms with Crippen LogP contribution in [0.4, 0.5) is 0 Å². The Balaban J connectivity index is 0.000000847. The minimum Gasteiger partial charge on any atom is -0.423 e. The molecule has 0 saturated heterocycles. The first-order valence-corrected chi connectivity index (χ1v) is 7.37. The highest BCUT2D eigenvalue weighted by Crippen LogP contribution is 2.15. The van der Waals surface area contributed by atoms with Gasteiger partial charge in [-0.1, -0.05) is 50.3 Å². The van der Waals surface area contributed by atoms with Crippen molar-refractivity contribution >= 4 is 24.7 Å². The van der Waals surface area contributed by atoms with E-state index in [9.17, 15) is 5.02 Å². The molecule has 0 spiro atoms. The fraction of sp³-hybridized carbons (Fsp3) is 0.167. The molecule has 0 unspecified atom stereocenters. The van der Waals surface area contributed by atoms with Crippen LogP contribution in [0.15, 0.2) is 42.5 Å². The van der Waals surface area contributed by atoms with Crippen molar-refractivity contribution < 1.29 is 9.68 Å². The largest absolute Gasteiger partial charge is 0.491 e. The number of benzene rings is 2. The molecule has 0 atom stereocenters. The lowest BCUT2D eigenvalue weighted by atomic mass is 9.79. The Morgan fingerprint density at radius 3 is 2.59 bits per heavy atom. The summed E-state index contributed by atoms with van der Waals surface area (Å²) in [5, 5.41) is 18.4. The Morgan fingerprint density at radius 2 is 1.86 bits per heavy atom. The van der Waals surface area contributed by atoms with Gasteiger partial charge in [0.15, 0.2) is 0 Å². The molecule has 1 heterocycles. The molecule has 3 rings (SSSR count). The van der Waals surface area contributed by atoms with Crippen molar-refractivity contribution in [2.45, 2.75) is 20.5 Å². The summed E-state index contributed by atoms with van der Waals surface area (Å²) in [6.45, 7) is 4.45. The maximum atomic E-state index is 9.57. The van der Waals surface area contributed by atoms with Crippen molar-refractivity contribution in [1.29, 1.82) is 5.26 Å². The molecular formula is C18H18BNO2. The maximum Gasteiger partial charge on any atom is 0.491 e. The zero-order valence-electron chi connectivity index (χ0n) is 12.8. The van der Waals surface area contributed by atoms with Crippen LogP contribution in [0.1, 0.15) is 36.1 Å². The van der Waals surface area contributed by atoms with Crippen LogP contribution in [0.25, 0.3) is 12.2 Å². The summed E-state index contributed by atoms with van der Waals surface area (Å²) in [5.74, 6) is 0. The second-order valence-corrected chi connectivity index (χ2v) is 4.69. The van der Waals surface area contributed by atoms with E-state index in [-0.39, 0.29) is 0 Å². The number of hydrogen-bond donors (Lipinski definition) is 1. The van der Waals surface area contributed by atoms with Gasteiger partial charge < -0.3 is 9.68 Å². The lowest BCUT2D eigenvalue weighted by Gasteiger charge is -2.00. The van der Waals surface area contributed by atoms with Gasteiger partial charge in [-0.25, -0.2) is 0 Å². The number of nitrogens with zero attached hydrogens (tertiary/aromatic N) is 1. The summed E-state index contributed by atoms with van der Waals surface area (Å²) >= 11 is 0. The molecule has 0 saturated carbocycles. The van der Waals surface area contributed by atoms with Crippen molar-refractivity contribution in [3.63, 3.8) is 0 Å². The van der Waals surface area contributed by atoms with Gasteiger partial charge in [0.05, 0.1) is 18.2 Å². The first-order valence-electron chi connectivity index (χ1n) is 7.37. The summed E-state index contributed by atoms with van der Waals surface area (Å²) in [6.07, 6.45) is 3.95. The molecule has 1 N–H and O–H groups in total. The van der Waals surface area contributed by atoms with Crippen LogP contribution in [-0.2, 0) is 11.3 Å². The highest BCUT2D eigenvalue weighted by Gasteiger charge is 2.26. The van der Waals surface area contributed by atoms with E-state index in [0.717, 1.165) is 22.2 Å². The molecule has 4 heteroatoms. The molecule has 22 heavy (non-hydrogen) atoms. The summed E-state index contributed by atoms with van der Waals surface area (Å²) in [5.41, 5.74) is 4.54. The lowest BCUT2D eigenvalue weighted by Crippen LogP contribution is -2.27. The fourth-order valence-electron chi connectivity index (χ4n) is 2.26. The second-order valence-electron chi connectivity index (χ2n) is 4.69. The van der Waals surface area contributed by atoms with E-state index in [1.54, 1.807) is 6.07 Å². The molecule has 0 amide bonds. The molecule has 0 radical (unpaired) electrons. The standard InChI is InChI=1S/C16H12BNO2.C2H6/c18-10-14-3-1-2-12(8-14)4-5-13-6-7-16-15(9-13)11-20-17(16)19;1-2/h1-9,19H,11H2;1-2H3/b5-4+;. The molecule has 1 aliphatic rings. The van der Waals surface area contributed by atoms with Gasteiger partial charge in [0.1, 0.15) is 0 Å². The van der Waals surface area contributed by atoms with Crippen LogP contribution in [0.5, 0.6) is 0 Å². The first-order chi connectivity index (χ1) is 10.8. The van der Waals surface area contributed by atoms with Gasteiger partial charge in [-0.15, -0.1) is 0 Å². The Hall–Kier alpha value is -2.35. The van der Waals surface area contributed by atoms with Crippen LogP contribution >= 0.6 is 0 Å². The maximum absolute atomic E-state index is 9.57. The molecule has 0 aromatic heterocycles. The summed E-state index contributed by atoms with van der Waals surface area (Å²) in [4.78, 5) is 0. The third-order valence-electron chi connectivity index (χ3n) is 3.31. The Labute approximate surface area is 131 Å². The van der Waals surface area contributed by atoms with Crippen LogP contribution in [0, 0.1) is 11.3 Å².